The first-order valence-electron chi connectivity index (χ1n) is 11.3. The Labute approximate surface area is 181 Å². The summed E-state index contributed by atoms with van der Waals surface area (Å²) in [6, 6.07) is 28.3. The van der Waals surface area contributed by atoms with E-state index in [0.717, 1.165) is 38.8 Å². The molecule has 0 saturated carbocycles. The molecule has 3 aromatic rings. The van der Waals surface area contributed by atoms with Crippen LogP contribution in [0.5, 0.6) is 0 Å². The van der Waals surface area contributed by atoms with E-state index in [9.17, 15) is 0 Å². The highest BCUT2D eigenvalue weighted by Crippen LogP contribution is 2.33. The summed E-state index contributed by atoms with van der Waals surface area (Å²) < 4.78 is 0. The van der Waals surface area contributed by atoms with Crippen molar-refractivity contribution in [2.75, 3.05) is 27.2 Å². The molecule has 0 bridgehead atoms. The van der Waals surface area contributed by atoms with Crippen LogP contribution in [0.4, 0.5) is 0 Å². The lowest BCUT2D eigenvalue weighted by molar-refractivity contribution is 0.228. The third-order valence-corrected chi connectivity index (χ3v) is 7.21. The standard InChI is InChI=1S/C28H32N2/c1-29-16-14-23-10-3-5-12-25(23)27(29)19-21-8-7-9-22(18-21)20-28-26-13-6-4-11-24(26)15-17-30(28)2/h3-13,18,27-28H,14-17,19-20H2,1-2H3. The Morgan fingerprint density at radius 3 is 1.60 bits per heavy atom. The van der Waals surface area contributed by atoms with Crippen LogP contribution in [0.1, 0.15) is 45.5 Å². The SMILES string of the molecule is CN1CCc2ccccc2C1Cc1cccc(CC2c3ccccc3CCN2C)c1. The van der Waals surface area contributed by atoms with E-state index in [0.29, 0.717) is 12.1 Å². The summed E-state index contributed by atoms with van der Waals surface area (Å²) >= 11 is 0. The quantitative estimate of drug-likeness (QED) is 0.596. The first-order chi connectivity index (χ1) is 14.7. The second kappa shape index (κ2) is 8.37. The third-order valence-electron chi connectivity index (χ3n) is 7.21. The zero-order valence-electron chi connectivity index (χ0n) is 18.2. The molecule has 0 N–H and O–H groups in total. The van der Waals surface area contributed by atoms with Crippen LogP contribution in [-0.4, -0.2) is 37.0 Å². The van der Waals surface area contributed by atoms with Crippen molar-refractivity contribution in [3.8, 4) is 0 Å². The molecule has 2 heteroatoms. The number of benzene rings is 3. The molecule has 0 radical (unpaired) electrons. The highest BCUT2D eigenvalue weighted by atomic mass is 15.1. The maximum absolute atomic E-state index is 2.53. The molecule has 2 nitrogen and oxygen atoms in total. The monoisotopic (exact) mass is 396 g/mol. The van der Waals surface area contributed by atoms with Gasteiger partial charge in [-0.1, -0.05) is 72.8 Å². The molecular weight excluding hydrogens is 364 g/mol. The summed E-state index contributed by atoms with van der Waals surface area (Å²) in [5, 5.41) is 0. The van der Waals surface area contributed by atoms with E-state index in [1.54, 1.807) is 0 Å². The van der Waals surface area contributed by atoms with Crippen LogP contribution in [0.3, 0.4) is 0 Å². The summed E-state index contributed by atoms with van der Waals surface area (Å²) in [4.78, 5) is 5.06. The molecule has 2 aliphatic heterocycles. The van der Waals surface area contributed by atoms with Crippen LogP contribution in [0.2, 0.25) is 0 Å². The number of fused-ring (bicyclic) bond motifs is 2. The van der Waals surface area contributed by atoms with E-state index >= 15 is 0 Å². The van der Waals surface area contributed by atoms with Crippen molar-refractivity contribution >= 4 is 0 Å². The third kappa shape index (κ3) is 3.82. The largest absolute Gasteiger partial charge is 0.299 e. The van der Waals surface area contributed by atoms with Crippen LogP contribution in [-0.2, 0) is 25.7 Å². The number of rotatable bonds is 4. The predicted octanol–water partition coefficient (Wildman–Crippen LogP) is 5.23. The zero-order valence-corrected chi connectivity index (χ0v) is 18.2. The number of likely N-dealkylation sites (N-methyl/N-ethyl adjacent to an activating group) is 2. The summed E-state index contributed by atoms with van der Waals surface area (Å²) in [5.74, 6) is 0. The van der Waals surface area contributed by atoms with E-state index in [2.05, 4.69) is 96.7 Å². The Bertz CT molecular complexity index is 946. The first-order valence-corrected chi connectivity index (χ1v) is 11.3. The summed E-state index contributed by atoms with van der Waals surface area (Å²) in [6.45, 7) is 2.29. The highest BCUT2D eigenvalue weighted by molar-refractivity contribution is 5.37. The fraction of sp³-hybridized carbons (Fsp3) is 0.357. The maximum Gasteiger partial charge on any atom is 0.0388 e. The minimum atomic E-state index is 0.475. The molecule has 0 saturated heterocycles. The molecule has 2 aliphatic rings. The first kappa shape index (κ1) is 19.5. The fourth-order valence-corrected chi connectivity index (χ4v) is 5.42. The van der Waals surface area contributed by atoms with Gasteiger partial charge >= 0.3 is 0 Å². The van der Waals surface area contributed by atoms with Crippen molar-refractivity contribution in [2.24, 2.45) is 0 Å². The Balaban J connectivity index is 1.38. The van der Waals surface area contributed by atoms with Crippen LogP contribution in [0.25, 0.3) is 0 Å². The van der Waals surface area contributed by atoms with Gasteiger partial charge in [-0.25, -0.2) is 0 Å². The predicted molar refractivity (Wildman–Crippen MR) is 125 cm³/mol. The summed E-state index contributed by atoms with van der Waals surface area (Å²) in [5.41, 5.74) is 8.98. The van der Waals surface area contributed by atoms with Crippen LogP contribution < -0.4 is 0 Å². The van der Waals surface area contributed by atoms with Gasteiger partial charge in [0.1, 0.15) is 0 Å². The van der Waals surface area contributed by atoms with Crippen molar-refractivity contribution in [1.82, 2.24) is 9.80 Å². The molecule has 2 unspecified atom stereocenters. The lowest BCUT2D eigenvalue weighted by atomic mass is 9.87. The number of nitrogens with zero attached hydrogens (tertiary/aromatic N) is 2. The van der Waals surface area contributed by atoms with E-state index in [1.165, 1.54) is 33.4 Å². The lowest BCUT2D eigenvalue weighted by Crippen LogP contribution is -2.33. The van der Waals surface area contributed by atoms with Crippen molar-refractivity contribution in [2.45, 2.75) is 37.8 Å². The smallest absolute Gasteiger partial charge is 0.0388 e. The van der Waals surface area contributed by atoms with Crippen molar-refractivity contribution in [3.63, 3.8) is 0 Å². The van der Waals surface area contributed by atoms with Gasteiger partial charge in [-0.05, 0) is 73.2 Å². The average molecular weight is 397 g/mol. The minimum Gasteiger partial charge on any atom is -0.299 e. The molecule has 5 rings (SSSR count). The Morgan fingerprint density at radius 2 is 1.10 bits per heavy atom. The molecule has 2 heterocycles. The van der Waals surface area contributed by atoms with E-state index in [1.807, 2.05) is 0 Å². The van der Waals surface area contributed by atoms with Gasteiger partial charge in [0.2, 0.25) is 0 Å². The van der Waals surface area contributed by atoms with Crippen molar-refractivity contribution < 1.29 is 0 Å². The summed E-state index contributed by atoms with van der Waals surface area (Å²) in [6.07, 6.45) is 4.49. The average Bonchev–Trinajstić information content (AvgIpc) is 2.78. The molecule has 0 amide bonds. The second-order valence-corrected chi connectivity index (χ2v) is 9.12. The molecule has 0 fully saturated rings. The molecule has 3 aromatic carbocycles. The van der Waals surface area contributed by atoms with Crippen LogP contribution >= 0.6 is 0 Å². The van der Waals surface area contributed by atoms with Crippen LogP contribution in [0, 0.1) is 0 Å². The topological polar surface area (TPSA) is 6.48 Å². The van der Waals surface area contributed by atoms with Gasteiger partial charge in [-0.3, -0.25) is 9.80 Å². The molecule has 154 valence electrons. The van der Waals surface area contributed by atoms with Gasteiger partial charge in [-0.2, -0.15) is 0 Å². The van der Waals surface area contributed by atoms with Crippen molar-refractivity contribution in [1.29, 1.82) is 0 Å². The van der Waals surface area contributed by atoms with Crippen molar-refractivity contribution in [3.05, 3.63) is 106 Å². The van der Waals surface area contributed by atoms with Gasteiger partial charge in [0.15, 0.2) is 0 Å². The number of hydrogen-bond donors (Lipinski definition) is 0. The maximum atomic E-state index is 2.53. The van der Waals surface area contributed by atoms with Gasteiger partial charge in [0.05, 0.1) is 0 Å². The molecule has 2 atom stereocenters. The molecule has 0 aromatic heterocycles. The van der Waals surface area contributed by atoms with E-state index in [4.69, 9.17) is 0 Å². The van der Waals surface area contributed by atoms with E-state index in [-0.39, 0.29) is 0 Å². The van der Waals surface area contributed by atoms with Crippen LogP contribution in [0.15, 0.2) is 72.8 Å². The second-order valence-electron chi connectivity index (χ2n) is 9.12. The van der Waals surface area contributed by atoms with Gasteiger partial charge < -0.3 is 0 Å². The zero-order chi connectivity index (χ0) is 20.5. The minimum absolute atomic E-state index is 0.475. The molecular formula is C28H32N2. The molecule has 0 spiro atoms. The van der Waals surface area contributed by atoms with Gasteiger partial charge in [0.25, 0.3) is 0 Å². The number of hydrogen-bond acceptors (Lipinski definition) is 2. The fourth-order valence-electron chi connectivity index (χ4n) is 5.42. The Kier molecular flexibility index (Phi) is 5.45. The van der Waals surface area contributed by atoms with Gasteiger partial charge in [0, 0.05) is 25.2 Å². The lowest BCUT2D eigenvalue weighted by Gasteiger charge is -2.35. The normalized spacial score (nSPS) is 21.8. The van der Waals surface area contributed by atoms with Gasteiger partial charge in [-0.15, -0.1) is 0 Å². The molecule has 30 heavy (non-hydrogen) atoms. The Morgan fingerprint density at radius 1 is 0.633 bits per heavy atom. The summed E-state index contributed by atoms with van der Waals surface area (Å²) in [7, 11) is 4.55. The Hall–Kier alpha value is -2.42. The molecule has 0 aliphatic carbocycles. The van der Waals surface area contributed by atoms with E-state index < -0.39 is 0 Å². The highest BCUT2D eigenvalue weighted by Gasteiger charge is 2.26.